The summed E-state index contributed by atoms with van der Waals surface area (Å²) in [6.45, 7) is 2.01. The maximum Gasteiger partial charge on any atom is 0.304 e. The van der Waals surface area contributed by atoms with E-state index in [0.29, 0.717) is 0 Å². The lowest BCUT2D eigenvalue weighted by Crippen LogP contribution is -2.04. The molecule has 0 saturated heterocycles. The minimum Gasteiger partial charge on any atom is -0.481 e. The Hall–Kier alpha value is -1.38. The highest BCUT2D eigenvalue weighted by Gasteiger charge is 2.25. The van der Waals surface area contributed by atoms with Crippen LogP contribution in [0, 0.1) is 6.92 Å². The van der Waals surface area contributed by atoms with Crippen LogP contribution in [0.15, 0.2) is 12.3 Å². The van der Waals surface area contributed by atoms with E-state index in [1.54, 1.807) is 0 Å². The van der Waals surface area contributed by atoms with Crippen LogP contribution >= 0.6 is 0 Å². The van der Waals surface area contributed by atoms with Gasteiger partial charge in [-0.2, -0.15) is 0 Å². The van der Waals surface area contributed by atoms with E-state index in [0.717, 1.165) is 24.1 Å². The minimum absolute atomic E-state index is 0.128. The van der Waals surface area contributed by atoms with Gasteiger partial charge < -0.3 is 5.11 Å². The molecular formula is C11H13NO2. The average Bonchev–Trinajstić information content (AvgIpc) is 2.47. The normalized spacial score (nSPS) is 19.4. The number of rotatable bonds is 2. The van der Waals surface area contributed by atoms with Crippen LogP contribution in [0.5, 0.6) is 0 Å². The summed E-state index contributed by atoms with van der Waals surface area (Å²) in [6.07, 6.45) is 3.93. The van der Waals surface area contributed by atoms with Gasteiger partial charge in [0, 0.05) is 17.8 Å². The molecule has 74 valence electrons. The van der Waals surface area contributed by atoms with Gasteiger partial charge in [0.05, 0.1) is 6.42 Å². The van der Waals surface area contributed by atoms with Crippen LogP contribution < -0.4 is 0 Å². The van der Waals surface area contributed by atoms with Crippen molar-refractivity contribution in [3.05, 3.63) is 29.1 Å². The van der Waals surface area contributed by atoms with Gasteiger partial charge in [-0.3, -0.25) is 9.78 Å². The Morgan fingerprint density at radius 3 is 3.21 bits per heavy atom. The molecule has 0 spiro atoms. The zero-order chi connectivity index (χ0) is 10.1. The molecule has 0 saturated carbocycles. The van der Waals surface area contributed by atoms with Gasteiger partial charge in [-0.25, -0.2) is 0 Å². The lowest BCUT2D eigenvalue weighted by atomic mass is 10.0. The smallest absolute Gasteiger partial charge is 0.304 e. The molecule has 1 atom stereocenters. The van der Waals surface area contributed by atoms with E-state index < -0.39 is 5.97 Å². The fraction of sp³-hybridized carbons (Fsp3) is 0.455. The second kappa shape index (κ2) is 3.40. The van der Waals surface area contributed by atoms with Crippen molar-refractivity contribution >= 4 is 5.97 Å². The Morgan fingerprint density at radius 1 is 1.71 bits per heavy atom. The first-order chi connectivity index (χ1) is 6.66. The highest BCUT2D eigenvalue weighted by Crippen LogP contribution is 2.33. The molecule has 0 aromatic carbocycles. The van der Waals surface area contributed by atoms with Crippen LogP contribution in [0.25, 0.3) is 0 Å². The molecule has 0 aliphatic heterocycles. The van der Waals surface area contributed by atoms with Gasteiger partial charge in [0.15, 0.2) is 0 Å². The summed E-state index contributed by atoms with van der Waals surface area (Å²) in [5, 5.41) is 8.73. The van der Waals surface area contributed by atoms with Crippen LogP contribution in [0.3, 0.4) is 0 Å². The summed E-state index contributed by atoms with van der Waals surface area (Å²) in [5.41, 5.74) is 3.38. The summed E-state index contributed by atoms with van der Waals surface area (Å²) < 4.78 is 0. The Morgan fingerprint density at radius 2 is 2.50 bits per heavy atom. The van der Waals surface area contributed by atoms with Crippen LogP contribution in [0.4, 0.5) is 0 Å². The first kappa shape index (κ1) is 9.19. The van der Waals surface area contributed by atoms with Crippen molar-refractivity contribution in [2.45, 2.75) is 32.1 Å². The van der Waals surface area contributed by atoms with E-state index in [1.165, 1.54) is 5.56 Å². The highest BCUT2D eigenvalue weighted by atomic mass is 16.4. The highest BCUT2D eigenvalue weighted by molar-refractivity contribution is 5.68. The summed E-state index contributed by atoms with van der Waals surface area (Å²) in [6, 6.07) is 2.12. The van der Waals surface area contributed by atoms with Crippen molar-refractivity contribution in [2.24, 2.45) is 0 Å². The lowest BCUT2D eigenvalue weighted by molar-refractivity contribution is -0.137. The standard InChI is InChI=1S/C11H13NO2/c1-7-4-8-2-3-9(5-10(13)14)11(8)12-6-7/h4,6,9H,2-3,5H2,1H3,(H,13,14)/t9-/m0/s1. The van der Waals surface area contributed by atoms with E-state index in [-0.39, 0.29) is 12.3 Å². The van der Waals surface area contributed by atoms with Crippen LogP contribution in [-0.4, -0.2) is 16.1 Å². The van der Waals surface area contributed by atoms with Crippen molar-refractivity contribution in [3.8, 4) is 0 Å². The van der Waals surface area contributed by atoms with Crippen molar-refractivity contribution in [1.29, 1.82) is 0 Å². The molecular weight excluding hydrogens is 178 g/mol. The maximum absolute atomic E-state index is 10.6. The van der Waals surface area contributed by atoms with E-state index >= 15 is 0 Å². The Labute approximate surface area is 82.8 Å². The second-order valence-corrected chi connectivity index (χ2v) is 3.89. The maximum atomic E-state index is 10.6. The fourth-order valence-corrected chi connectivity index (χ4v) is 2.08. The van der Waals surface area contributed by atoms with Gasteiger partial charge in [0.2, 0.25) is 0 Å². The Bertz CT molecular complexity index is 374. The second-order valence-electron chi connectivity index (χ2n) is 3.89. The number of carboxylic acid groups (broad SMARTS) is 1. The minimum atomic E-state index is -0.731. The first-order valence-corrected chi connectivity index (χ1v) is 4.84. The predicted molar refractivity (Wildman–Crippen MR) is 52.3 cm³/mol. The molecule has 2 rings (SSSR count). The van der Waals surface area contributed by atoms with E-state index in [2.05, 4.69) is 11.1 Å². The predicted octanol–water partition coefficient (Wildman–Crippen LogP) is 1.89. The molecule has 0 radical (unpaired) electrons. The van der Waals surface area contributed by atoms with Crippen LogP contribution in [-0.2, 0) is 11.2 Å². The summed E-state index contributed by atoms with van der Waals surface area (Å²) in [4.78, 5) is 14.9. The number of hydrogen-bond donors (Lipinski definition) is 1. The summed E-state index contributed by atoms with van der Waals surface area (Å²) >= 11 is 0. The van der Waals surface area contributed by atoms with Crippen molar-refractivity contribution in [1.82, 2.24) is 4.98 Å². The number of aryl methyl sites for hydroxylation is 2. The van der Waals surface area contributed by atoms with Gasteiger partial charge >= 0.3 is 5.97 Å². The van der Waals surface area contributed by atoms with Gasteiger partial charge in [0.1, 0.15) is 0 Å². The molecule has 1 aliphatic carbocycles. The number of fused-ring (bicyclic) bond motifs is 1. The molecule has 3 heteroatoms. The van der Waals surface area contributed by atoms with E-state index in [4.69, 9.17) is 5.11 Å². The lowest BCUT2D eigenvalue weighted by Gasteiger charge is -2.06. The van der Waals surface area contributed by atoms with E-state index in [9.17, 15) is 4.79 Å². The molecule has 1 aliphatic rings. The fourth-order valence-electron chi connectivity index (χ4n) is 2.08. The number of pyridine rings is 1. The van der Waals surface area contributed by atoms with Crippen LogP contribution in [0.1, 0.15) is 35.6 Å². The number of aromatic nitrogens is 1. The molecule has 0 bridgehead atoms. The van der Waals surface area contributed by atoms with Crippen molar-refractivity contribution in [3.63, 3.8) is 0 Å². The van der Waals surface area contributed by atoms with Crippen molar-refractivity contribution in [2.75, 3.05) is 0 Å². The summed E-state index contributed by atoms with van der Waals surface area (Å²) in [7, 11) is 0. The zero-order valence-electron chi connectivity index (χ0n) is 8.16. The molecule has 1 aromatic heterocycles. The molecule has 1 N–H and O–H groups in total. The number of nitrogens with zero attached hydrogens (tertiary/aromatic N) is 1. The molecule has 0 amide bonds. The van der Waals surface area contributed by atoms with Gasteiger partial charge in [-0.05, 0) is 30.9 Å². The Balaban J connectivity index is 2.26. The number of carbonyl (C=O) groups is 1. The molecule has 0 unspecified atom stereocenters. The summed E-state index contributed by atoms with van der Waals surface area (Å²) in [5.74, 6) is -0.603. The number of hydrogen-bond acceptors (Lipinski definition) is 2. The molecule has 1 aromatic rings. The third-order valence-electron chi connectivity index (χ3n) is 2.71. The molecule has 0 fully saturated rings. The van der Waals surface area contributed by atoms with Crippen molar-refractivity contribution < 1.29 is 9.90 Å². The van der Waals surface area contributed by atoms with Gasteiger partial charge in [-0.15, -0.1) is 0 Å². The molecule has 3 nitrogen and oxygen atoms in total. The third-order valence-corrected chi connectivity index (χ3v) is 2.71. The quantitative estimate of drug-likeness (QED) is 0.776. The number of carboxylic acids is 1. The van der Waals surface area contributed by atoms with Crippen LogP contribution in [0.2, 0.25) is 0 Å². The van der Waals surface area contributed by atoms with Gasteiger partial charge in [0.25, 0.3) is 0 Å². The molecule has 14 heavy (non-hydrogen) atoms. The monoisotopic (exact) mass is 191 g/mol. The molecule has 1 heterocycles. The average molecular weight is 191 g/mol. The topological polar surface area (TPSA) is 50.2 Å². The largest absolute Gasteiger partial charge is 0.481 e. The van der Waals surface area contributed by atoms with E-state index in [1.807, 2.05) is 13.1 Å². The zero-order valence-corrected chi connectivity index (χ0v) is 8.16. The third kappa shape index (κ3) is 1.62. The SMILES string of the molecule is Cc1cnc2c(c1)CC[C@H]2CC(=O)O. The van der Waals surface area contributed by atoms with Gasteiger partial charge in [-0.1, -0.05) is 6.07 Å². The number of aliphatic carboxylic acids is 1. The first-order valence-electron chi connectivity index (χ1n) is 4.84. The Kier molecular flexibility index (Phi) is 2.23.